The summed E-state index contributed by atoms with van der Waals surface area (Å²) in [7, 11) is 0. The molecule has 0 unspecified atom stereocenters. The van der Waals surface area contributed by atoms with E-state index in [2.05, 4.69) is 0 Å². The molecule has 4 N–H and O–H groups in total. The normalized spacial score (nSPS) is 0. The summed E-state index contributed by atoms with van der Waals surface area (Å²) in [5.74, 6) is 0. The molecule has 4 heavy (non-hydrogen) atoms. The molecule has 0 rings (SSSR count). The molecule has 0 spiro atoms. The van der Waals surface area contributed by atoms with E-state index in [4.69, 9.17) is 0 Å². The van der Waals surface area contributed by atoms with Gasteiger partial charge in [-0.15, -0.1) is 0 Å². The molecule has 0 saturated heterocycles. The molecule has 0 fully saturated rings. The first kappa shape index (κ1) is 53.1. The second-order valence-corrected chi connectivity index (χ2v) is 0. The minimum absolute atomic E-state index is 0. The molecule has 0 aromatic rings. The number of quaternary nitrogens is 1. The van der Waals surface area contributed by atoms with Crippen LogP contribution in [0.1, 0.15) is 0 Å². The standard InChI is InChI=1S/ClH.H3N.Ni.Pd/h1H;1H3;;/q;;2*+2. The maximum absolute atomic E-state index is 0. The minimum Gasteiger partial charge on any atom is -1.00 e. The van der Waals surface area contributed by atoms with Gasteiger partial charge in [0.15, 0.2) is 0 Å². The summed E-state index contributed by atoms with van der Waals surface area (Å²) in [5, 5.41) is 0. The van der Waals surface area contributed by atoms with Crippen LogP contribution >= 0.6 is 0 Å². The van der Waals surface area contributed by atoms with Gasteiger partial charge in [-0.3, -0.25) is 0 Å². The van der Waals surface area contributed by atoms with Gasteiger partial charge < -0.3 is 18.6 Å². The van der Waals surface area contributed by atoms with Gasteiger partial charge >= 0.3 is 36.9 Å². The summed E-state index contributed by atoms with van der Waals surface area (Å²) in [5.41, 5.74) is 0. The zero-order valence-corrected chi connectivity index (χ0v) is 5.31. The Labute approximate surface area is 55.5 Å². The molecule has 1 nitrogen and oxygen atoms in total. The van der Waals surface area contributed by atoms with Crippen molar-refractivity contribution in [1.82, 2.24) is 6.15 Å². The molecule has 0 aliphatic heterocycles. The third kappa shape index (κ3) is 9.97. The molecule has 0 atom stereocenters. The topological polar surface area (TPSA) is 36.5 Å². The molecule has 0 amide bonds. The van der Waals surface area contributed by atoms with Gasteiger partial charge in [-0.05, 0) is 0 Å². The average Bonchev–Trinajstić information content (AvgIpc) is 0. The number of hydrogen-bond donors (Lipinski definition) is 1. The summed E-state index contributed by atoms with van der Waals surface area (Å²) in [6.45, 7) is 0. The summed E-state index contributed by atoms with van der Waals surface area (Å²) in [6, 6.07) is 0. The molecule has 0 aromatic carbocycles. The summed E-state index contributed by atoms with van der Waals surface area (Å²) in [6.07, 6.45) is 0. The molecule has 0 heterocycles. The zero-order chi connectivity index (χ0) is 0. The fraction of sp³-hybridized carbons (Fsp3) is 0. The molecule has 0 aromatic heterocycles. The predicted molar refractivity (Wildman–Crippen MR) is 5.98 cm³/mol. The second-order valence-electron chi connectivity index (χ2n) is 0. The first-order valence-corrected chi connectivity index (χ1v) is 0. The minimum atomic E-state index is 0. The van der Waals surface area contributed by atoms with E-state index in [1.165, 1.54) is 0 Å². The van der Waals surface area contributed by atoms with Crippen molar-refractivity contribution in [2.45, 2.75) is 0 Å². The molecular formula is H4ClNNiPd+4. The van der Waals surface area contributed by atoms with Gasteiger partial charge in [0.05, 0.1) is 0 Å². The van der Waals surface area contributed by atoms with Crippen LogP contribution in [-0.2, 0) is 36.9 Å². The van der Waals surface area contributed by atoms with E-state index < -0.39 is 0 Å². The van der Waals surface area contributed by atoms with Crippen LogP contribution in [0.5, 0.6) is 0 Å². The Morgan fingerprint density at radius 1 is 1.00 bits per heavy atom. The molecule has 4 heteroatoms. The van der Waals surface area contributed by atoms with Crippen LogP contribution in [0.3, 0.4) is 0 Å². The van der Waals surface area contributed by atoms with Crippen LogP contribution in [0.25, 0.3) is 0 Å². The SMILES string of the molecule is [Cl-].[NH4+].[Ni+2].[Pd+2]. The first-order chi connectivity index (χ1) is 0. The van der Waals surface area contributed by atoms with E-state index in [1.54, 1.807) is 0 Å². The van der Waals surface area contributed by atoms with Gasteiger partial charge in [-0.2, -0.15) is 0 Å². The van der Waals surface area contributed by atoms with Crippen molar-refractivity contribution in [3.05, 3.63) is 0 Å². The van der Waals surface area contributed by atoms with Crippen molar-refractivity contribution in [2.75, 3.05) is 0 Å². The van der Waals surface area contributed by atoms with Crippen LogP contribution in [-0.4, -0.2) is 0 Å². The van der Waals surface area contributed by atoms with Crippen molar-refractivity contribution in [2.24, 2.45) is 0 Å². The summed E-state index contributed by atoms with van der Waals surface area (Å²) < 4.78 is 0. The maximum atomic E-state index is 0. The van der Waals surface area contributed by atoms with Gasteiger partial charge in [0.25, 0.3) is 0 Å². The molecular weight excluding hydrogens is 215 g/mol. The van der Waals surface area contributed by atoms with Crippen molar-refractivity contribution in [1.29, 1.82) is 0 Å². The number of halogens is 1. The van der Waals surface area contributed by atoms with Crippen LogP contribution < -0.4 is 18.6 Å². The van der Waals surface area contributed by atoms with Crippen LogP contribution in [0.2, 0.25) is 0 Å². The Morgan fingerprint density at radius 3 is 1.00 bits per heavy atom. The number of rotatable bonds is 0. The third-order valence-electron chi connectivity index (χ3n) is 0. The van der Waals surface area contributed by atoms with Crippen LogP contribution in [0.15, 0.2) is 0 Å². The Morgan fingerprint density at radius 2 is 1.00 bits per heavy atom. The molecule has 32 valence electrons. The maximum Gasteiger partial charge on any atom is 2.00 e. The van der Waals surface area contributed by atoms with Gasteiger partial charge in [0.1, 0.15) is 0 Å². The summed E-state index contributed by atoms with van der Waals surface area (Å²) in [4.78, 5) is 0. The van der Waals surface area contributed by atoms with E-state index in [0.717, 1.165) is 0 Å². The average molecular weight is 219 g/mol. The third-order valence-corrected chi connectivity index (χ3v) is 0. The van der Waals surface area contributed by atoms with Crippen LogP contribution in [0.4, 0.5) is 0 Å². The van der Waals surface area contributed by atoms with Gasteiger partial charge in [0, 0.05) is 0 Å². The Balaban J connectivity index is 0. The fourth-order valence-corrected chi connectivity index (χ4v) is 0. The number of hydrogen-bond acceptors (Lipinski definition) is 0. The zero-order valence-electron chi connectivity index (χ0n) is 2.01. The van der Waals surface area contributed by atoms with Gasteiger partial charge in [0.2, 0.25) is 0 Å². The Kier molecular flexibility index (Phi) is 343. The smallest absolute Gasteiger partial charge is 1.00 e. The van der Waals surface area contributed by atoms with E-state index in [-0.39, 0.29) is 55.5 Å². The second kappa shape index (κ2) is 25.9. The molecule has 0 radical (unpaired) electrons. The van der Waals surface area contributed by atoms with Crippen molar-refractivity contribution in [3.63, 3.8) is 0 Å². The van der Waals surface area contributed by atoms with Crippen LogP contribution in [0, 0.1) is 0 Å². The predicted octanol–water partition coefficient (Wildman–Crippen LogP) is -2.62. The Bertz CT molecular complexity index is 8.00. The van der Waals surface area contributed by atoms with Crippen molar-refractivity contribution in [3.8, 4) is 0 Å². The molecule has 0 aliphatic rings. The van der Waals surface area contributed by atoms with E-state index in [9.17, 15) is 0 Å². The fourth-order valence-electron chi connectivity index (χ4n) is 0. The summed E-state index contributed by atoms with van der Waals surface area (Å²) >= 11 is 0. The molecule has 0 saturated carbocycles. The molecule has 0 aliphatic carbocycles. The Hall–Kier alpha value is 1.41. The molecule has 0 bridgehead atoms. The van der Waals surface area contributed by atoms with E-state index in [1.807, 2.05) is 0 Å². The monoisotopic (exact) mass is 217 g/mol. The van der Waals surface area contributed by atoms with E-state index >= 15 is 0 Å². The van der Waals surface area contributed by atoms with Crippen molar-refractivity contribution < 1.29 is 49.3 Å². The van der Waals surface area contributed by atoms with Gasteiger partial charge in [-0.25, -0.2) is 0 Å². The largest absolute Gasteiger partial charge is 2.00 e. The van der Waals surface area contributed by atoms with Gasteiger partial charge in [-0.1, -0.05) is 0 Å². The first-order valence-electron chi connectivity index (χ1n) is 0. The quantitative estimate of drug-likeness (QED) is 0.432. The van der Waals surface area contributed by atoms with E-state index in [0.29, 0.717) is 0 Å². The van der Waals surface area contributed by atoms with Crippen molar-refractivity contribution >= 4 is 0 Å².